The van der Waals surface area contributed by atoms with Crippen molar-refractivity contribution < 1.29 is 9.66 Å². The Hall–Kier alpha value is -3.68. The van der Waals surface area contributed by atoms with Crippen LogP contribution in [0.1, 0.15) is 0 Å². The van der Waals surface area contributed by atoms with Gasteiger partial charge in [-0.3, -0.25) is 10.1 Å². The van der Waals surface area contributed by atoms with Gasteiger partial charge in [-0.15, -0.1) is 0 Å². The summed E-state index contributed by atoms with van der Waals surface area (Å²) in [6.07, 6.45) is 5.43. The number of imidazole rings is 1. The van der Waals surface area contributed by atoms with E-state index in [4.69, 9.17) is 4.74 Å². The maximum Gasteiger partial charge on any atom is 0.269 e. The van der Waals surface area contributed by atoms with E-state index >= 15 is 0 Å². The summed E-state index contributed by atoms with van der Waals surface area (Å²) in [7, 11) is 1.90. The monoisotopic (exact) mass is 335 g/mol. The third kappa shape index (κ3) is 2.80. The zero-order chi connectivity index (χ0) is 17.4. The van der Waals surface area contributed by atoms with Crippen LogP contribution in [0.3, 0.4) is 0 Å². The molecule has 0 saturated heterocycles. The molecule has 0 radical (unpaired) electrons. The Morgan fingerprint density at radius 2 is 1.96 bits per heavy atom. The number of aryl methyl sites for hydroxylation is 1. The Labute approximate surface area is 142 Å². The molecule has 1 aromatic carbocycles. The molecule has 0 atom stereocenters. The molecule has 0 fully saturated rings. The lowest BCUT2D eigenvalue weighted by molar-refractivity contribution is -0.384. The second-order valence-electron chi connectivity index (χ2n) is 5.51. The molecule has 0 aliphatic rings. The van der Waals surface area contributed by atoms with Crippen LogP contribution < -0.4 is 4.74 Å². The van der Waals surface area contributed by atoms with Crippen molar-refractivity contribution >= 4 is 11.2 Å². The van der Waals surface area contributed by atoms with Gasteiger partial charge in [-0.05, 0) is 30.3 Å². The minimum absolute atomic E-state index is 0.0207. The minimum atomic E-state index is -0.444. The normalized spacial score (nSPS) is 10.9. The number of nitrogens with zero attached hydrogens (tertiary/aromatic N) is 5. The van der Waals surface area contributed by atoms with E-state index in [2.05, 4.69) is 10.1 Å². The maximum atomic E-state index is 10.7. The van der Waals surface area contributed by atoms with Crippen LogP contribution in [0.2, 0.25) is 0 Å². The molecule has 3 heterocycles. The molecule has 0 unspecified atom stereocenters. The average Bonchev–Trinajstić information content (AvgIpc) is 3.22. The van der Waals surface area contributed by atoms with Gasteiger partial charge in [0.15, 0.2) is 5.75 Å². The van der Waals surface area contributed by atoms with E-state index in [1.807, 2.05) is 42.2 Å². The molecule has 0 N–H and O–H groups in total. The molecule has 4 rings (SSSR count). The molecule has 0 bridgehead atoms. The molecule has 0 aliphatic carbocycles. The van der Waals surface area contributed by atoms with Crippen LogP contribution in [-0.4, -0.2) is 24.1 Å². The van der Waals surface area contributed by atoms with Crippen molar-refractivity contribution in [2.75, 3.05) is 0 Å². The highest BCUT2D eigenvalue weighted by Gasteiger charge is 2.12. The summed E-state index contributed by atoms with van der Waals surface area (Å²) >= 11 is 0. The zero-order valence-electron chi connectivity index (χ0n) is 13.2. The first-order valence-electron chi connectivity index (χ1n) is 7.49. The van der Waals surface area contributed by atoms with Crippen molar-refractivity contribution in [2.24, 2.45) is 7.05 Å². The van der Waals surface area contributed by atoms with Crippen LogP contribution in [0.15, 0.2) is 61.2 Å². The molecular weight excluding hydrogens is 322 g/mol. The fourth-order valence-corrected chi connectivity index (χ4v) is 2.51. The highest BCUT2D eigenvalue weighted by molar-refractivity contribution is 5.69. The summed E-state index contributed by atoms with van der Waals surface area (Å²) in [5.74, 6) is 1.12. The average molecular weight is 335 g/mol. The molecule has 3 aromatic heterocycles. The SMILES string of the molecule is Cn1cnc(-c2cc3c(Oc4ccc([N+](=O)[O-])cc4)cccn3n2)c1. The van der Waals surface area contributed by atoms with E-state index in [1.165, 1.54) is 12.1 Å². The van der Waals surface area contributed by atoms with Crippen molar-refractivity contribution in [2.45, 2.75) is 0 Å². The summed E-state index contributed by atoms with van der Waals surface area (Å²) in [5.41, 5.74) is 2.31. The standard InChI is InChI=1S/C17H13N5O3/c1-20-10-15(18-11-20)14-9-16-17(3-2-8-21(16)19-14)25-13-6-4-12(5-7-13)22(23)24/h2-11H,1H3. The van der Waals surface area contributed by atoms with E-state index in [1.54, 1.807) is 23.0 Å². The molecule has 0 amide bonds. The Morgan fingerprint density at radius 1 is 1.16 bits per heavy atom. The van der Waals surface area contributed by atoms with Gasteiger partial charge in [-0.2, -0.15) is 5.10 Å². The first kappa shape index (κ1) is 14.9. The highest BCUT2D eigenvalue weighted by atomic mass is 16.6. The van der Waals surface area contributed by atoms with Gasteiger partial charge in [-0.25, -0.2) is 9.50 Å². The number of nitro benzene ring substituents is 1. The minimum Gasteiger partial charge on any atom is -0.455 e. The van der Waals surface area contributed by atoms with E-state index in [-0.39, 0.29) is 5.69 Å². The molecule has 0 saturated carbocycles. The van der Waals surface area contributed by atoms with Gasteiger partial charge in [0.05, 0.1) is 11.3 Å². The zero-order valence-corrected chi connectivity index (χ0v) is 13.2. The number of ether oxygens (including phenoxy) is 1. The number of aromatic nitrogens is 4. The number of hydrogen-bond acceptors (Lipinski definition) is 5. The van der Waals surface area contributed by atoms with E-state index in [0.717, 1.165) is 16.9 Å². The van der Waals surface area contributed by atoms with Gasteiger partial charge >= 0.3 is 0 Å². The highest BCUT2D eigenvalue weighted by Crippen LogP contribution is 2.29. The lowest BCUT2D eigenvalue weighted by Gasteiger charge is -2.06. The first-order valence-corrected chi connectivity index (χ1v) is 7.49. The number of nitro groups is 1. The summed E-state index contributed by atoms with van der Waals surface area (Å²) in [4.78, 5) is 14.6. The molecule has 124 valence electrons. The first-order chi connectivity index (χ1) is 12.1. The topological polar surface area (TPSA) is 87.5 Å². The van der Waals surface area contributed by atoms with Gasteiger partial charge in [-0.1, -0.05) is 0 Å². The number of rotatable bonds is 4. The largest absolute Gasteiger partial charge is 0.455 e. The molecule has 8 nitrogen and oxygen atoms in total. The van der Waals surface area contributed by atoms with Crippen LogP contribution in [0, 0.1) is 10.1 Å². The van der Waals surface area contributed by atoms with Crippen LogP contribution in [0.4, 0.5) is 5.69 Å². The Bertz CT molecular complexity index is 1070. The Balaban J connectivity index is 1.69. The number of benzene rings is 1. The van der Waals surface area contributed by atoms with E-state index in [0.29, 0.717) is 11.5 Å². The smallest absolute Gasteiger partial charge is 0.269 e. The number of fused-ring (bicyclic) bond motifs is 1. The Morgan fingerprint density at radius 3 is 2.64 bits per heavy atom. The molecule has 25 heavy (non-hydrogen) atoms. The maximum absolute atomic E-state index is 10.7. The predicted molar refractivity (Wildman–Crippen MR) is 90.6 cm³/mol. The second kappa shape index (κ2) is 5.75. The van der Waals surface area contributed by atoms with Crippen molar-refractivity contribution in [3.8, 4) is 22.9 Å². The fraction of sp³-hybridized carbons (Fsp3) is 0.0588. The number of non-ortho nitro benzene ring substituents is 1. The summed E-state index contributed by atoms with van der Waals surface area (Å²) in [6.45, 7) is 0. The fourth-order valence-electron chi connectivity index (χ4n) is 2.51. The van der Waals surface area contributed by atoms with Crippen LogP contribution >= 0.6 is 0 Å². The van der Waals surface area contributed by atoms with Gasteiger partial charge in [0, 0.05) is 31.6 Å². The Kier molecular flexibility index (Phi) is 3.42. The third-order valence-electron chi connectivity index (χ3n) is 3.71. The summed E-state index contributed by atoms with van der Waals surface area (Å²) < 4.78 is 9.44. The molecule has 0 aliphatic heterocycles. The number of pyridine rings is 1. The lowest BCUT2D eigenvalue weighted by atomic mass is 10.3. The van der Waals surface area contributed by atoms with Crippen LogP contribution in [0.25, 0.3) is 16.9 Å². The van der Waals surface area contributed by atoms with Crippen molar-refractivity contribution in [3.05, 3.63) is 71.3 Å². The van der Waals surface area contributed by atoms with Crippen LogP contribution in [-0.2, 0) is 7.05 Å². The van der Waals surface area contributed by atoms with Gasteiger partial charge in [0.25, 0.3) is 5.69 Å². The van der Waals surface area contributed by atoms with Gasteiger partial charge in [0.2, 0.25) is 0 Å². The lowest BCUT2D eigenvalue weighted by Crippen LogP contribution is -1.91. The van der Waals surface area contributed by atoms with Crippen LogP contribution in [0.5, 0.6) is 11.5 Å². The summed E-state index contributed by atoms with van der Waals surface area (Å²) in [6, 6.07) is 11.5. The molecule has 4 aromatic rings. The van der Waals surface area contributed by atoms with Crippen molar-refractivity contribution in [3.63, 3.8) is 0 Å². The van der Waals surface area contributed by atoms with Crippen molar-refractivity contribution in [1.82, 2.24) is 19.2 Å². The predicted octanol–water partition coefficient (Wildman–Crippen LogP) is 3.44. The van der Waals surface area contributed by atoms with E-state index < -0.39 is 4.92 Å². The quantitative estimate of drug-likeness (QED) is 0.421. The van der Waals surface area contributed by atoms with E-state index in [9.17, 15) is 10.1 Å². The molecule has 0 spiro atoms. The van der Waals surface area contributed by atoms with Gasteiger partial charge < -0.3 is 9.30 Å². The van der Waals surface area contributed by atoms with Crippen molar-refractivity contribution in [1.29, 1.82) is 0 Å². The molecular formula is C17H13N5O3. The number of hydrogen-bond donors (Lipinski definition) is 0. The third-order valence-corrected chi connectivity index (χ3v) is 3.71. The van der Waals surface area contributed by atoms with Gasteiger partial charge in [0.1, 0.15) is 22.7 Å². The molecule has 8 heteroatoms. The summed E-state index contributed by atoms with van der Waals surface area (Å²) in [5, 5.41) is 15.2. The second-order valence-corrected chi connectivity index (χ2v) is 5.51.